The largest absolute Gasteiger partial charge is 0.312 e. The fourth-order valence-corrected chi connectivity index (χ4v) is 2.28. The van der Waals surface area contributed by atoms with Crippen molar-refractivity contribution >= 4 is 0 Å². The summed E-state index contributed by atoms with van der Waals surface area (Å²) in [5, 5.41) is 3.67. The summed E-state index contributed by atoms with van der Waals surface area (Å²) in [6, 6.07) is 1.50. The molecule has 0 aromatic rings. The van der Waals surface area contributed by atoms with E-state index < -0.39 is 0 Å². The van der Waals surface area contributed by atoms with E-state index in [9.17, 15) is 0 Å². The number of nitrogens with one attached hydrogen (secondary N) is 1. The molecule has 0 aliphatic heterocycles. The molecule has 1 unspecified atom stereocenters. The van der Waals surface area contributed by atoms with Gasteiger partial charge in [0.1, 0.15) is 0 Å². The second-order valence-corrected chi connectivity index (χ2v) is 6.13. The molecule has 0 amide bonds. The lowest BCUT2D eigenvalue weighted by Crippen LogP contribution is -2.44. The average molecular weight is 241 g/mol. The lowest BCUT2D eigenvalue weighted by Gasteiger charge is -2.32. The molecule has 1 atom stereocenters. The molecule has 1 saturated carbocycles. The summed E-state index contributed by atoms with van der Waals surface area (Å²) in [6.45, 7) is 8.21. The zero-order chi connectivity index (χ0) is 12.8. The van der Waals surface area contributed by atoms with E-state index in [4.69, 9.17) is 0 Å². The van der Waals surface area contributed by atoms with E-state index in [0.717, 1.165) is 18.5 Å². The maximum absolute atomic E-state index is 3.67. The summed E-state index contributed by atoms with van der Waals surface area (Å²) in [4.78, 5) is 4.80. The highest BCUT2D eigenvalue weighted by Gasteiger charge is 2.24. The quantitative estimate of drug-likeness (QED) is 0.662. The Hall–Kier alpha value is -0.120. The van der Waals surface area contributed by atoms with Crippen LogP contribution in [0.15, 0.2) is 0 Å². The van der Waals surface area contributed by atoms with Crippen molar-refractivity contribution in [2.75, 3.05) is 40.8 Å². The van der Waals surface area contributed by atoms with E-state index in [2.05, 4.69) is 50.1 Å². The van der Waals surface area contributed by atoms with Crippen LogP contribution in [-0.2, 0) is 0 Å². The number of hydrogen-bond acceptors (Lipinski definition) is 3. The Morgan fingerprint density at radius 2 is 1.76 bits per heavy atom. The number of nitrogens with zero attached hydrogens (tertiary/aromatic N) is 2. The van der Waals surface area contributed by atoms with Gasteiger partial charge in [-0.15, -0.1) is 0 Å². The number of hydrogen-bond donors (Lipinski definition) is 1. The highest BCUT2D eigenvalue weighted by atomic mass is 15.2. The molecular weight excluding hydrogens is 210 g/mol. The summed E-state index contributed by atoms with van der Waals surface area (Å²) < 4.78 is 0. The monoisotopic (exact) mass is 241 g/mol. The Bertz CT molecular complexity index is 200. The van der Waals surface area contributed by atoms with Gasteiger partial charge in [-0.05, 0) is 59.4 Å². The van der Waals surface area contributed by atoms with Gasteiger partial charge < -0.3 is 15.1 Å². The molecule has 0 spiro atoms. The van der Waals surface area contributed by atoms with Crippen molar-refractivity contribution in [3.8, 4) is 0 Å². The molecule has 3 nitrogen and oxygen atoms in total. The summed E-state index contributed by atoms with van der Waals surface area (Å²) in [5.74, 6) is 0.727. The minimum atomic E-state index is 0.678. The zero-order valence-electron chi connectivity index (χ0n) is 12.4. The first kappa shape index (κ1) is 14.9. The first-order valence-electron chi connectivity index (χ1n) is 7.09. The van der Waals surface area contributed by atoms with Crippen molar-refractivity contribution in [2.45, 2.75) is 45.2 Å². The standard InChI is InChI=1S/C14H31N3/c1-12(2)14(11-15-13-7-8-13)17(5)10-6-9-16(3)4/h12-15H,6-11H2,1-5H3. The van der Waals surface area contributed by atoms with E-state index in [0.29, 0.717) is 6.04 Å². The Kier molecular flexibility index (Phi) is 6.45. The number of rotatable bonds is 9. The third kappa shape index (κ3) is 6.39. The fourth-order valence-electron chi connectivity index (χ4n) is 2.28. The van der Waals surface area contributed by atoms with Crippen molar-refractivity contribution in [1.29, 1.82) is 0 Å². The summed E-state index contributed by atoms with van der Waals surface area (Å²) in [5.41, 5.74) is 0. The molecule has 1 aliphatic carbocycles. The lowest BCUT2D eigenvalue weighted by molar-refractivity contribution is 0.179. The van der Waals surface area contributed by atoms with Gasteiger partial charge in [0.05, 0.1) is 0 Å². The second kappa shape index (κ2) is 7.34. The minimum Gasteiger partial charge on any atom is -0.312 e. The van der Waals surface area contributed by atoms with E-state index >= 15 is 0 Å². The Morgan fingerprint density at radius 1 is 1.12 bits per heavy atom. The van der Waals surface area contributed by atoms with Crippen LogP contribution in [0.2, 0.25) is 0 Å². The van der Waals surface area contributed by atoms with Crippen molar-refractivity contribution in [1.82, 2.24) is 15.1 Å². The minimum absolute atomic E-state index is 0.678. The Labute approximate surface area is 108 Å². The highest BCUT2D eigenvalue weighted by molar-refractivity contribution is 4.84. The Balaban J connectivity index is 2.23. The van der Waals surface area contributed by atoms with Gasteiger partial charge in [0.15, 0.2) is 0 Å². The SMILES string of the molecule is CC(C)C(CNC1CC1)N(C)CCCN(C)C. The second-order valence-electron chi connectivity index (χ2n) is 6.13. The highest BCUT2D eigenvalue weighted by Crippen LogP contribution is 2.19. The first-order chi connectivity index (χ1) is 8.00. The van der Waals surface area contributed by atoms with Crippen molar-refractivity contribution in [3.05, 3.63) is 0 Å². The van der Waals surface area contributed by atoms with E-state index in [-0.39, 0.29) is 0 Å². The molecule has 0 aromatic heterocycles. The van der Waals surface area contributed by atoms with Crippen LogP contribution in [0, 0.1) is 5.92 Å². The third-order valence-corrected chi connectivity index (χ3v) is 3.64. The normalized spacial score (nSPS) is 18.4. The predicted molar refractivity (Wildman–Crippen MR) is 75.5 cm³/mol. The van der Waals surface area contributed by atoms with Crippen LogP contribution in [0.5, 0.6) is 0 Å². The molecule has 102 valence electrons. The van der Waals surface area contributed by atoms with Crippen LogP contribution in [0.25, 0.3) is 0 Å². The molecule has 1 aliphatic rings. The first-order valence-corrected chi connectivity index (χ1v) is 7.09. The molecule has 1 rings (SSSR count). The van der Waals surface area contributed by atoms with Crippen molar-refractivity contribution < 1.29 is 0 Å². The van der Waals surface area contributed by atoms with Crippen LogP contribution < -0.4 is 5.32 Å². The maximum Gasteiger partial charge on any atom is 0.0240 e. The number of likely N-dealkylation sites (N-methyl/N-ethyl adjacent to an activating group) is 1. The van der Waals surface area contributed by atoms with Crippen LogP contribution >= 0.6 is 0 Å². The third-order valence-electron chi connectivity index (χ3n) is 3.64. The zero-order valence-corrected chi connectivity index (χ0v) is 12.4. The van der Waals surface area contributed by atoms with E-state index in [1.54, 1.807) is 0 Å². The topological polar surface area (TPSA) is 18.5 Å². The molecule has 0 saturated heterocycles. The van der Waals surface area contributed by atoms with E-state index in [1.807, 2.05) is 0 Å². The predicted octanol–water partition coefficient (Wildman–Crippen LogP) is 1.65. The Morgan fingerprint density at radius 3 is 2.24 bits per heavy atom. The van der Waals surface area contributed by atoms with Gasteiger partial charge in [-0.3, -0.25) is 0 Å². The van der Waals surface area contributed by atoms with Gasteiger partial charge in [-0.1, -0.05) is 13.8 Å². The van der Waals surface area contributed by atoms with Gasteiger partial charge in [-0.25, -0.2) is 0 Å². The van der Waals surface area contributed by atoms with Gasteiger partial charge in [0.25, 0.3) is 0 Å². The molecular formula is C14H31N3. The smallest absolute Gasteiger partial charge is 0.0240 e. The molecule has 1 N–H and O–H groups in total. The molecule has 0 heterocycles. The fraction of sp³-hybridized carbons (Fsp3) is 1.00. The maximum atomic E-state index is 3.67. The summed E-state index contributed by atoms with van der Waals surface area (Å²) in [6.07, 6.45) is 4.03. The van der Waals surface area contributed by atoms with Crippen LogP contribution in [0.4, 0.5) is 0 Å². The van der Waals surface area contributed by atoms with Gasteiger partial charge in [-0.2, -0.15) is 0 Å². The van der Waals surface area contributed by atoms with Crippen LogP contribution in [0.3, 0.4) is 0 Å². The van der Waals surface area contributed by atoms with Gasteiger partial charge in [0.2, 0.25) is 0 Å². The average Bonchev–Trinajstić information content (AvgIpc) is 3.00. The molecule has 17 heavy (non-hydrogen) atoms. The summed E-state index contributed by atoms with van der Waals surface area (Å²) >= 11 is 0. The molecule has 0 radical (unpaired) electrons. The van der Waals surface area contributed by atoms with Crippen LogP contribution in [0.1, 0.15) is 33.1 Å². The molecule has 0 aromatic carbocycles. The lowest BCUT2D eigenvalue weighted by atomic mass is 10.0. The molecule has 1 fully saturated rings. The van der Waals surface area contributed by atoms with Crippen molar-refractivity contribution in [2.24, 2.45) is 5.92 Å². The molecule has 3 heteroatoms. The van der Waals surface area contributed by atoms with E-state index in [1.165, 1.54) is 32.4 Å². The van der Waals surface area contributed by atoms with Crippen molar-refractivity contribution in [3.63, 3.8) is 0 Å². The van der Waals surface area contributed by atoms with Gasteiger partial charge >= 0.3 is 0 Å². The van der Waals surface area contributed by atoms with Gasteiger partial charge in [0, 0.05) is 18.6 Å². The summed E-state index contributed by atoms with van der Waals surface area (Å²) in [7, 11) is 6.57. The van der Waals surface area contributed by atoms with Crippen LogP contribution in [-0.4, -0.2) is 62.7 Å². The molecule has 0 bridgehead atoms.